The lowest BCUT2D eigenvalue weighted by Crippen LogP contribution is -2.40. The molecule has 0 radical (unpaired) electrons. The smallest absolute Gasteiger partial charge is 0.328 e. The number of amides is 1. The molecule has 18 heavy (non-hydrogen) atoms. The Bertz CT molecular complexity index is 308. The molecule has 0 spiro atoms. The van der Waals surface area contributed by atoms with E-state index >= 15 is 0 Å². The molecule has 0 fully saturated rings. The monoisotopic (exact) mass is 277 g/mol. The van der Waals surface area contributed by atoms with Crippen molar-refractivity contribution in [3.05, 3.63) is 0 Å². The number of amidine groups is 1. The van der Waals surface area contributed by atoms with Crippen LogP contribution in [-0.4, -0.2) is 43.3 Å². The summed E-state index contributed by atoms with van der Waals surface area (Å²) in [5, 5.41) is 2.55. The molecule has 0 aliphatic carbocycles. The van der Waals surface area contributed by atoms with E-state index in [-0.39, 0.29) is 11.8 Å². The zero-order valence-electron chi connectivity index (χ0n) is 10.7. The molecule has 1 atom stereocenters. The molecule has 0 aromatic heterocycles. The number of halogens is 1. The summed E-state index contributed by atoms with van der Waals surface area (Å²) < 4.78 is 4.61. The summed E-state index contributed by atoms with van der Waals surface area (Å²) in [7, 11) is 1.29. The number of hydrogen-bond donors (Lipinski definition) is 2. The average Bonchev–Trinajstić information content (AvgIpc) is 2.35. The molecule has 3 N–H and O–H groups in total. The van der Waals surface area contributed by atoms with Gasteiger partial charge in [-0.05, 0) is 19.3 Å². The first-order valence-electron chi connectivity index (χ1n) is 5.71. The first-order chi connectivity index (χ1) is 8.51. The van der Waals surface area contributed by atoms with Gasteiger partial charge >= 0.3 is 5.97 Å². The summed E-state index contributed by atoms with van der Waals surface area (Å²) >= 11 is 5.47. The number of carbonyl (C=O) groups is 2. The van der Waals surface area contributed by atoms with Gasteiger partial charge in [-0.25, -0.2) is 4.79 Å². The van der Waals surface area contributed by atoms with E-state index in [1.54, 1.807) is 0 Å². The van der Waals surface area contributed by atoms with E-state index in [0.717, 1.165) is 12.8 Å². The Morgan fingerprint density at radius 1 is 1.44 bits per heavy atom. The Morgan fingerprint density at radius 2 is 2.11 bits per heavy atom. The highest BCUT2D eigenvalue weighted by molar-refractivity contribution is 6.27. The fourth-order valence-electron chi connectivity index (χ4n) is 1.36. The van der Waals surface area contributed by atoms with Crippen LogP contribution in [0, 0.1) is 0 Å². The SMILES string of the molecule is COC(=O)[C@@H](CCCCN=C(N)CCl)NC(C)=O. The first-order valence-corrected chi connectivity index (χ1v) is 6.24. The minimum Gasteiger partial charge on any atom is -0.467 e. The normalized spacial score (nSPS) is 12.9. The maximum Gasteiger partial charge on any atom is 0.328 e. The van der Waals surface area contributed by atoms with E-state index in [0.29, 0.717) is 18.8 Å². The molecular weight excluding hydrogens is 258 g/mol. The average molecular weight is 278 g/mol. The molecule has 0 bridgehead atoms. The maximum atomic E-state index is 11.4. The van der Waals surface area contributed by atoms with Gasteiger partial charge in [0.25, 0.3) is 0 Å². The molecule has 1 amide bonds. The van der Waals surface area contributed by atoms with Gasteiger partial charge in [-0.3, -0.25) is 9.79 Å². The Balaban J connectivity index is 3.97. The summed E-state index contributed by atoms with van der Waals surface area (Å²) in [6.07, 6.45) is 2.02. The second-order valence-electron chi connectivity index (χ2n) is 3.78. The van der Waals surface area contributed by atoms with Crippen molar-refractivity contribution in [3.8, 4) is 0 Å². The van der Waals surface area contributed by atoms with Crippen LogP contribution in [0.4, 0.5) is 0 Å². The molecule has 7 heteroatoms. The minimum atomic E-state index is -0.596. The van der Waals surface area contributed by atoms with Crippen LogP contribution in [0.2, 0.25) is 0 Å². The van der Waals surface area contributed by atoms with Gasteiger partial charge in [0.05, 0.1) is 13.0 Å². The molecule has 0 saturated carbocycles. The molecule has 0 saturated heterocycles. The van der Waals surface area contributed by atoms with E-state index in [1.807, 2.05) is 0 Å². The third-order valence-electron chi connectivity index (χ3n) is 2.22. The minimum absolute atomic E-state index is 0.219. The van der Waals surface area contributed by atoms with Gasteiger partial charge in [0.2, 0.25) is 5.91 Å². The molecule has 104 valence electrons. The number of methoxy groups -OCH3 is 1. The fourth-order valence-corrected chi connectivity index (χ4v) is 1.45. The van der Waals surface area contributed by atoms with Crippen LogP contribution < -0.4 is 11.1 Å². The van der Waals surface area contributed by atoms with Gasteiger partial charge in [0.1, 0.15) is 11.9 Å². The standard InChI is InChI=1S/C11H20ClN3O3/c1-8(16)15-9(11(17)18-2)5-3-4-6-14-10(13)7-12/h9H,3-7H2,1-2H3,(H2,13,14)(H,15,16)/t9-/m1/s1. The Labute approximate surface area is 112 Å². The van der Waals surface area contributed by atoms with E-state index < -0.39 is 12.0 Å². The van der Waals surface area contributed by atoms with Gasteiger partial charge < -0.3 is 15.8 Å². The van der Waals surface area contributed by atoms with Gasteiger partial charge in [0, 0.05) is 13.5 Å². The molecule has 0 rings (SSSR count). The topological polar surface area (TPSA) is 93.8 Å². The number of hydrogen-bond acceptors (Lipinski definition) is 4. The van der Waals surface area contributed by atoms with Gasteiger partial charge in [-0.15, -0.1) is 11.6 Å². The van der Waals surface area contributed by atoms with Crippen LogP contribution in [0.5, 0.6) is 0 Å². The van der Waals surface area contributed by atoms with Crippen LogP contribution >= 0.6 is 11.6 Å². The van der Waals surface area contributed by atoms with Crippen molar-refractivity contribution in [2.75, 3.05) is 19.5 Å². The second kappa shape index (κ2) is 9.70. The number of unbranched alkanes of at least 4 members (excludes halogenated alkanes) is 1. The number of nitrogens with one attached hydrogen (secondary N) is 1. The van der Waals surface area contributed by atoms with E-state index in [9.17, 15) is 9.59 Å². The number of ether oxygens (including phenoxy) is 1. The lowest BCUT2D eigenvalue weighted by atomic mass is 10.1. The van der Waals surface area contributed by atoms with Crippen molar-refractivity contribution in [1.82, 2.24) is 5.32 Å². The van der Waals surface area contributed by atoms with Crippen molar-refractivity contribution >= 4 is 29.3 Å². The number of rotatable bonds is 8. The summed E-state index contributed by atoms with van der Waals surface area (Å²) in [4.78, 5) is 26.3. The predicted molar refractivity (Wildman–Crippen MR) is 70.7 cm³/mol. The highest BCUT2D eigenvalue weighted by atomic mass is 35.5. The first kappa shape index (κ1) is 16.7. The van der Waals surface area contributed by atoms with Crippen LogP contribution in [0.1, 0.15) is 26.2 Å². The van der Waals surface area contributed by atoms with E-state index in [2.05, 4.69) is 15.0 Å². The van der Waals surface area contributed by atoms with Crippen LogP contribution in [0.15, 0.2) is 4.99 Å². The second-order valence-corrected chi connectivity index (χ2v) is 4.05. The largest absolute Gasteiger partial charge is 0.467 e. The van der Waals surface area contributed by atoms with Gasteiger partial charge in [-0.2, -0.15) is 0 Å². The number of nitrogens with two attached hydrogens (primary N) is 1. The molecule has 0 aromatic carbocycles. The van der Waals surface area contributed by atoms with Gasteiger partial charge in [-0.1, -0.05) is 0 Å². The molecule has 0 aliphatic heterocycles. The quantitative estimate of drug-likeness (QED) is 0.221. The van der Waals surface area contributed by atoms with Crippen molar-refractivity contribution in [2.45, 2.75) is 32.2 Å². The molecule has 0 aliphatic rings. The fraction of sp³-hybridized carbons (Fsp3) is 0.727. The Kier molecular flexibility index (Phi) is 9.00. The van der Waals surface area contributed by atoms with Crippen molar-refractivity contribution in [3.63, 3.8) is 0 Å². The lowest BCUT2D eigenvalue weighted by molar-refractivity contribution is -0.145. The molecule has 6 nitrogen and oxygen atoms in total. The third kappa shape index (κ3) is 7.89. The number of esters is 1. The lowest BCUT2D eigenvalue weighted by Gasteiger charge is -2.14. The predicted octanol–water partition coefficient (Wildman–Crippen LogP) is 0.430. The summed E-state index contributed by atoms with van der Waals surface area (Å²) in [6, 6.07) is -0.596. The van der Waals surface area contributed by atoms with Crippen molar-refractivity contribution in [1.29, 1.82) is 0 Å². The summed E-state index contributed by atoms with van der Waals surface area (Å²) in [5.74, 6) is -0.0664. The third-order valence-corrected chi connectivity index (χ3v) is 2.49. The molecule has 0 unspecified atom stereocenters. The maximum absolute atomic E-state index is 11.4. The summed E-state index contributed by atoms with van der Waals surface area (Å²) in [6.45, 7) is 1.92. The molecular formula is C11H20ClN3O3. The van der Waals surface area contributed by atoms with E-state index in [1.165, 1.54) is 14.0 Å². The highest BCUT2D eigenvalue weighted by Gasteiger charge is 2.19. The highest BCUT2D eigenvalue weighted by Crippen LogP contribution is 2.03. The van der Waals surface area contributed by atoms with Crippen LogP contribution in [0.25, 0.3) is 0 Å². The number of aliphatic imine (C=N–C) groups is 1. The summed E-state index contributed by atoms with van der Waals surface area (Å²) in [5.41, 5.74) is 5.44. The zero-order valence-corrected chi connectivity index (χ0v) is 11.5. The van der Waals surface area contributed by atoms with Crippen molar-refractivity contribution in [2.24, 2.45) is 10.7 Å². The number of carbonyl (C=O) groups excluding carboxylic acids is 2. The van der Waals surface area contributed by atoms with Crippen molar-refractivity contribution < 1.29 is 14.3 Å². The van der Waals surface area contributed by atoms with Gasteiger partial charge in [0.15, 0.2) is 0 Å². The Hall–Kier alpha value is -1.30. The zero-order chi connectivity index (χ0) is 14.0. The van der Waals surface area contributed by atoms with E-state index in [4.69, 9.17) is 17.3 Å². The Morgan fingerprint density at radius 3 is 2.61 bits per heavy atom. The van der Waals surface area contributed by atoms with Crippen LogP contribution in [-0.2, 0) is 14.3 Å². The number of nitrogens with zero attached hydrogens (tertiary/aromatic N) is 1. The number of alkyl halides is 1. The molecule has 0 heterocycles. The molecule has 0 aromatic rings. The van der Waals surface area contributed by atoms with Crippen LogP contribution in [0.3, 0.4) is 0 Å².